The average molecular weight is 401 g/mol. The highest BCUT2D eigenvalue weighted by atomic mass is 19.4. The number of methoxy groups -OCH3 is 1. The molecule has 0 fully saturated rings. The van der Waals surface area contributed by atoms with E-state index in [4.69, 9.17) is 4.74 Å². The van der Waals surface area contributed by atoms with Gasteiger partial charge in [0.25, 0.3) is 5.91 Å². The second kappa shape index (κ2) is 8.22. The fourth-order valence-electron chi connectivity index (χ4n) is 2.76. The summed E-state index contributed by atoms with van der Waals surface area (Å²) in [7, 11) is 1.60. The maximum absolute atomic E-state index is 12.8. The SMILES string of the molecule is COc1ccc(-n2cc(/C=N\NC(=O)c3cccc(C(F)(F)F)c3)cc2C)cc1. The molecular weight excluding hydrogens is 383 g/mol. The molecule has 0 atom stereocenters. The van der Waals surface area contributed by atoms with Crippen LogP contribution >= 0.6 is 0 Å². The summed E-state index contributed by atoms with van der Waals surface area (Å²) in [5, 5.41) is 3.85. The Morgan fingerprint density at radius 3 is 2.52 bits per heavy atom. The molecule has 0 aliphatic heterocycles. The van der Waals surface area contributed by atoms with Crippen LogP contribution in [0.5, 0.6) is 5.75 Å². The Balaban J connectivity index is 1.70. The fraction of sp³-hybridized carbons (Fsp3) is 0.143. The van der Waals surface area contributed by atoms with E-state index in [0.29, 0.717) is 0 Å². The van der Waals surface area contributed by atoms with Crippen LogP contribution in [0.3, 0.4) is 0 Å². The summed E-state index contributed by atoms with van der Waals surface area (Å²) in [5.74, 6) is 0.0244. The third-order valence-corrected chi connectivity index (χ3v) is 4.22. The number of hydrogen-bond acceptors (Lipinski definition) is 3. The largest absolute Gasteiger partial charge is 0.497 e. The molecule has 29 heavy (non-hydrogen) atoms. The van der Waals surface area contributed by atoms with Crippen LogP contribution in [0.15, 0.2) is 65.9 Å². The molecule has 1 aromatic heterocycles. The zero-order valence-electron chi connectivity index (χ0n) is 15.7. The van der Waals surface area contributed by atoms with E-state index < -0.39 is 17.6 Å². The van der Waals surface area contributed by atoms with Gasteiger partial charge in [0, 0.05) is 28.7 Å². The highest BCUT2D eigenvalue weighted by Crippen LogP contribution is 2.29. The van der Waals surface area contributed by atoms with Gasteiger partial charge in [0.1, 0.15) is 5.75 Å². The summed E-state index contributed by atoms with van der Waals surface area (Å²) < 4.78 is 45.4. The highest BCUT2D eigenvalue weighted by molar-refractivity contribution is 5.95. The molecule has 2 aromatic carbocycles. The van der Waals surface area contributed by atoms with Crippen LogP contribution in [0.4, 0.5) is 13.2 Å². The molecule has 0 saturated carbocycles. The van der Waals surface area contributed by atoms with E-state index in [0.717, 1.165) is 34.8 Å². The number of carbonyl (C=O) groups is 1. The Hall–Kier alpha value is -3.55. The number of aromatic nitrogens is 1. The van der Waals surface area contributed by atoms with E-state index in [1.807, 2.05) is 48.0 Å². The van der Waals surface area contributed by atoms with Gasteiger partial charge in [-0.15, -0.1) is 0 Å². The van der Waals surface area contributed by atoms with Crippen molar-refractivity contribution in [1.82, 2.24) is 9.99 Å². The Kier molecular flexibility index (Phi) is 5.72. The van der Waals surface area contributed by atoms with Gasteiger partial charge < -0.3 is 9.30 Å². The van der Waals surface area contributed by atoms with Crippen molar-refractivity contribution in [3.05, 3.63) is 83.2 Å². The Morgan fingerprint density at radius 1 is 1.14 bits per heavy atom. The summed E-state index contributed by atoms with van der Waals surface area (Å²) in [6.07, 6.45) is -1.25. The Morgan fingerprint density at radius 2 is 1.86 bits per heavy atom. The van der Waals surface area contributed by atoms with Gasteiger partial charge >= 0.3 is 6.18 Å². The van der Waals surface area contributed by atoms with E-state index in [9.17, 15) is 18.0 Å². The van der Waals surface area contributed by atoms with Crippen molar-refractivity contribution >= 4 is 12.1 Å². The van der Waals surface area contributed by atoms with Gasteiger partial charge in [0.05, 0.1) is 18.9 Å². The summed E-state index contributed by atoms with van der Waals surface area (Å²) in [5.41, 5.74) is 3.83. The molecule has 3 aromatic rings. The maximum Gasteiger partial charge on any atom is 0.416 e. The first kappa shape index (κ1) is 20.2. The molecule has 1 heterocycles. The van der Waals surface area contributed by atoms with Gasteiger partial charge in [-0.05, 0) is 55.5 Å². The number of rotatable bonds is 5. The summed E-state index contributed by atoms with van der Waals surface area (Å²) in [6, 6.07) is 13.5. The van der Waals surface area contributed by atoms with E-state index >= 15 is 0 Å². The lowest BCUT2D eigenvalue weighted by atomic mass is 10.1. The standard InChI is InChI=1S/C21H18F3N3O2/c1-14-10-15(13-27(14)18-6-8-19(29-2)9-7-18)12-25-26-20(28)16-4-3-5-17(11-16)21(22,23)24/h3-13H,1-2H3,(H,26,28)/b25-12-. The monoisotopic (exact) mass is 401 g/mol. The van der Waals surface area contributed by atoms with E-state index in [2.05, 4.69) is 10.5 Å². The number of hydrazone groups is 1. The normalized spacial score (nSPS) is 11.6. The number of aryl methyl sites for hydroxylation is 1. The van der Waals surface area contributed by atoms with Crippen molar-refractivity contribution in [3.8, 4) is 11.4 Å². The van der Waals surface area contributed by atoms with Crippen molar-refractivity contribution in [2.45, 2.75) is 13.1 Å². The second-order valence-corrected chi connectivity index (χ2v) is 6.26. The van der Waals surface area contributed by atoms with Crippen LogP contribution in [0.25, 0.3) is 5.69 Å². The van der Waals surface area contributed by atoms with Crippen molar-refractivity contribution in [3.63, 3.8) is 0 Å². The fourth-order valence-corrected chi connectivity index (χ4v) is 2.76. The molecule has 150 valence electrons. The van der Waals surface area contributed by atoms with Crippen LogP contribution in [0.1, 0.15) is 27.2 Å². The first-order chi connectivity index (χ1) is 13.8. The third-order valence-electron chi connectivity index (χ3n) is 4.22. The van der Waals surface area contributed by atoms with Crippen molar-refractivity contribution in [2.24, 2.45) is 5.10 Å². The summed E-state index contributed by atoms with van der Waals surface area (Å²) in [6.45, 7) is 1.92. The van der Waals surface area contributed by atoms with Crippen molar-refractivity contribution in [2.75, 3.05) is 7.11 Å². The minimum Gasteiger partial charge on any atom is -0.497 e. The molecule has 0 aliphatic carbocycles. The van der Waals surface area contributed by atoms with Gasteiger partial charge in [0.2, 0.25) is 0 Å². The number of alkyl halides is 3. The van der Waals surface area contributed by atoms with Crippen LogP contribution in [0, 0.1) is 6.92 Å². The molecular formula is C21H18F3N3O2. The van der Waals surface area contributed by atoms with Crippen molar-refractivity contribution in [1.29, 1.82) is 0 Å². The molecule has 0 aliphatic rings. The molecule has 0 saturated heterocycles. The average Bonchev–Trinajstić information content (AvgIpc) is 3.08. The minimum atomic E-state index is -4.51. The van der Waals surface area contributed by atoms with Gasteiger partial charge in [-0.1, -0.05) is 6.07 Å². The van der Waals surface area contributed by atoms with E-state index in [-0.39, 0.29) is 5.56 Å². The molecule has 1 N–H and O–H groups in total. The quantitative estimate of drug-likeness (QED) is 0.503. The number of benzene rings is 2. The Bertz CT molecular complexity index is 1040. The molecule has 5 nitrogen and oxygen atoms in total. The zero-order valence-corrected chi connectivity index (χ0v) is 15.7. The topological polar surface area (TPSA) is 55.6 Å². The number of hydrogen-bond donors (Lipinski definition) is 1. The van der Waals surface area contributed by atoms with E-state index in [1.165, 1.54) is 18.3 Å². The van der Waals surface area contributed by atoms with Gasteiger partial charge in [-0.25, -0.2) is 5.43 Å². The second-order valence-electron chi connectivity index (χ2n) is 6.26. The predicted octanol–water partition coefficient (Wildman–Crippen LogP) is 4.58. The lowest BCUT2D eigenvalue weighted by Crippen LogP contribution is -2.18. The van der Waals surface area contributed by atoms with Crippen LogP contribution < -0.4 is 10.2 Å². The highest BCUT2D eigenvalue weighted by Gasteiger charge is 2.30. The molecule has 0 radical (unpaired) electrons. The van der Waals surface area contributed by atoms with Gasteiger partial charge in [0.15, 0.2) is 0 Å². The Labute approximate surface area is 165 Å². The number of ether oxygens (including phenoxy) is 1. The lowest BCUT2D eigenvalue weighted by molar-refractivity contribution is -0.137. The molecule has 1 amide bonds. The first-order valence-corrected chi connectivity index (χ1v) is 8.62. The molecule has 8 heteroatoms. The molecule has 3 rings (SSSR count). The number of amides is 1. The zero-order chi connectivity index (χ0) is 21.0. The number of nitrogens with zero attached hydrogens (tertiary/aromatic N) is 2. The number of nitrogens with one attached hydrogen (secondary N) is 1. The smallest absolute Gasteiger partial charge is 0.416 e. The summed E-state index contributed by atoms with van der Waals surface area (Å²) in [4.78, 5) is 12.1. The van der Waals surface area contributed by atoms with Crippen LogP contribution in [-0.2, 0) is 6.18 Å². The minimum absolute atomic E-state index is 0.121. The lowest BCUT2D eigenvalue weighted by Gasteiger charge is -2.07. The summed E-state index contributed by atoms with van der Waals surface area (Å²) >= 11 is 0. The van der Waals surface area contributed by atoms with Crippen LogP contribution in [0.2, 0.25) is 0 Å². The predicted molar refractivity (Wildman–Crippen MR) is 104 cm³/mol. The van der Waals surface area contributed by atoms with Crippen LogP contribution in [-0.4, -0.2) is 23.8 Å². The third kappa shape index (κ3) is 4.84. The van der Waals surface area contributed by atoms with Gasteiger partial charge in [-0.3, -0.25) is 4.79 Å². The van der Waals surface area contributed by atoms with Gasteiger partial charge in [-0.2, -0.15) is 18.3 Å². The molecule has 0 unspecified atom stereocenters. The van der Waals surface area contributed by atoms with E-state index in [1.54, 1.807) is 7.11 Å². The maximum atomic E-state index is 12.8. The van der Waals surface area contributed by atoms with Crippen molar-refractivity contribution < 1.29 is 22.7 Å². The number of halogens is 3. The molecule has 0 spiro atoms. The molecule has 0 bridgehead atoms. The number of carbonyl (C=O) groups excluding carboxylic acids is 1. The first-order valence-electron chi connectivity index (χ1n) is 8.62.